The van der Waals surface area contributed by atoms with Crippen molar-refractivity contribution in [1.82, 2.24) is 0 Å². The number of aliphatic hydroxyl groups excluding tert-OH is 1. The Morgan fingerprint density at radius 1 is 1.08 bits per heavy atom. The summed E-state index contributed by atoms with van der Waals surface area (Å²) < 4.78 is 5.31. The first-order valence-electron chi connectivity index (χ1n) is 8.26. The van der Waals surface area contributed by atoms with Crippen molar-refractivity contribution >= 4 is 12.0 Å². The fourth-order valence-corrected chi connectivity index (χ4v) is 2.53. The number of carbonyl (C=O) groups is 1. The molecule has 0 saturated heterocycles. The number of aliphatic hydroxyl groups is 1. The minimum Gasteiger partial charge on any atom is -0.458 e. The number of rotatable bonds is 8. The highest BCUT2D eigenvalue weighted by molar-refractivity contribution is 5.66. The van der Waals surface area contributed by atoms with Crippen molar-refractivity contribution < 1.29 is 14.6 Å². The quantitative estimate of drug-likeness (QED) is 0.746. The van der Waals surface area contributed by atoms with E-state index in [2.05, 4.69) is 0 Å². The molecule has 0 heterocycles. The monoisotopic (exact) mass is 324 g/mol. The summed E-state index contributed by atoms with van der Waals surface area (Å²) in [6.45, 7) is 1.39. The molecule has 24 heavy (non-hydrogen) atoms. The maximum atomic E-state index is 11.3. The number of benzene rings is 2. The molecule has 3 heteroatoms. The lowest BCUT2D eigenvalue weighted by Gasteiger charge is -2.17. The highest BCUT2D eigenvalue weighted by atomic mass is 16.5. The Morgan fingerprint density at radius 3 is 2.33 bits per heavy atom. The molecule has 0 radical (unpaired) electrons. The van der Waals surface area contributed by atoms with Crippen LogP contribution in [0.25, 0.3) is 6.08 Å². The SMILES string of the molecule is CC(=O)OC(/C=C/c1ccccc1)CC(O)CCc1ccccc1. The molecule has 0 aliphatic rings. The lowest BCUT2D eigenvalue weighted by atomic mass is 10.0. The smallest absolute Gasteiger partial charge is 0.303 e. The highest BCUT2D eigenvalue weighted by Gasteiger charge is 2.15. The molecule has 0 amide bonds. The molecule has 0 aromatic heterocycles. The first kappa shape index (κ1) is 18.0. The lowest BCUT2D eigenvalue weighted by molar-refractivity contribution is -0.145. The summed E-state index contributed by atoms with van der Waals surface area (Å²) in [5.41, 5.74) is 2.23. The van der Waals surface area contributed by atoms with Crippen LogP contribution in [0.1, 0.15) is 30.9 Å². The molecule has 2 rings (SSSR count). The van der Waals surface area contributed by atoms with E-state index >= 15 is 0 Å². The van der Waals surface area contributed by atoms with Crippen LogP contribution in [-0.2, 0) is 16.0 Å². The molecule has 0 saturated carbocycles. The number of carbonyl (C=O) groups excluding carboxylic acids is 1. The minimum absolute atomic E-state index is 0.340. The summed E-state index contributed by atoms with van der Waals surface area (Å²) in [5.74, 6) is -0.340. The molecule has 0 fully saturated rings. The van der Waals surface area contributed by atoms with Gasteiger partial charge in [0.2, 0.25) is 0 Å². The molecule has 2 aromatic carbocycles. The van der Waals surface area contributed by atoms with Crippen molar-refractivity contribution in [3.8, 4) is 0 Å². The molecule has 1 N–H and O–H groups in total. The number of esters is 1. The molecule has 0 spiro atoms. The average Bonchev–Trinajstić information content (AvgIpc) is 2.59. The van der Waals surface area contributed by atoms with Crippen molar-refractivity contribution in [2.45, 2.75) is 38.4 Å². The van der Waals surface area contributed by atoms with Gasteiger partial charge in [-0.25, -0.2) is 0 Å². The molecular weight excluding hydrogens is 300 g/mol. The third-order valence-corrected chi connectivity index (χ3v) is 3.73. The van der Waals surface area contributed by atoms with Crippen LogP contribution in [0.5, 0.6) is 0 Å². The van der Waals surface area contributed by atoms with E-state index in [1.807, 2.05) is 72.8 Å². The molecule has 3 nitrogen and oxygen atoms in total. The van der Waals surface area contributed by atoms with E-state index in [4.69, 9.17) is 4.74 Å². The third-order valence-electron chi connectivity index (χ3n) is 3.73. The van der Waals surface area contributed by atoms with Gasteiger partial charge in [0.15, 0.2) is 0 Å². The third kappa shape index (κ3) is 6.80. The van der Waals surface area contributed by atoms with Gasteiger partial charge in [-0.1, -0.05) is 66.7 Å². The van der Waals surface area contributed by atoms with Gasteiger partial charge in [0, 0.05) is 13.3 Å². The second-order valence-electron chi connectivity index (χ2n) is 5.83. The Kier molecular flexibility index (Phi) is 7.24. The predicted octanol–water partition coefficient (Wildman–Crippen LogP) is 4.02. The van der Waals surface area contributed by atoms with Gasteiger partial charge in [-0.2, -0.15) is 0 Å². The van der Waals surface area contributed by atoms with Crippen LogP contribution in [-0.4, -0.2) is 23.3 Å². The number of ether oxygens (including phenoxy) is 1. The summed E-state index contributed by atoms with van der Waals surface area (Å²) >= 11 is 0. The van der Waals surface area contributed by atoms with Gasteiger partial charge >= 0.3 is 5.97 Å². The summed E-state index contributed by atoms with van der Waals surface area (Å²) in [5, 5.41) is 10.3. The zero-order chi connectivity index (χ0) is 17.2. The van der Waals surface area contributed by atoms with Crippen LogP contribution in [0, 0.1) is 0 Å². The van der Waals surface area contributed by atoms with Gasteiger partial charge in [0.1, 0.15) is 6.10 Å². The van der Waals surface area contributed by atoms with Crippen molar-refractivity contribution in [3.63, 3.8) is 0 Å². The Bertz CT molecular complexity index is 635. The fourth-order valence-electron chi connectivity index (χ4n) is 2.53. The normalized spacial score (nSPS) is 13.6. The number of hydrogen-bond donors (Lipinski definition) is 1. The van der Waals surface area contributed by atoms with E-state index in [-0.39, 0.29) is 5.97 Å². The van der Waals surface area contributed by atoms with Crippen molar-refractivity contribution in [2.24, 2.45) is 0 Å². The zero-order valence-electron chi connectivity index (χ0n) is 14.0. The second kappa shape index (κ2) is 9.68. The Hall–Kier alpha value is -2.39. The largest absolute Gasteiger partial charge is 0.458 e. The molecule has 0 aliphatic carbocycles. The van der Waals surface area contributed by atoms with Gasteiger partial charge in [-0.05, 0) is 30.0 Å². The van der Waals surface area contributed by atoms with E-state index in [0.717, 1.165) is 12.0 Å². The maximum absolute atomic E-state index is 11.3. The molecule has 126 valence electrons. The molecule has 2 aromatic rings. The van der Waals surface area contributed by atoms with Crippen molar-refractivity contribution in [1.29, 1.82) is 0 Å². The van der Waals surface area contributed by atoms with E-state index in [1.54, 1.807) is 0 Å². The first-order valence-corrected chi connectivity index (χ1v) is 8.26. The standard InChI is InChI=1S/C21H24O3/c1-17(22)24-21(15-13-19-10-6-3-7-11-19)16-20(23)14-12-18-8-4-2-5-9-18/h2-11,13,15,20-21,23H,12,14,16H2,1H3/b15-13+. The van der Waals surface area contributed by atoms with E-state index in [0.29, 0.717) is 12.8 Å². The Labute approximate surface area is 143 Å². The van der Waals surface area contributed by atoms with Crippen molar-refractivity contribution in [2.75, 3.05) is 0 Å². The van der Waals surface area contributed by atoms with Crippen molar-refractivity contribution in [3.05, 3.63) is 77.9 Å². The Morgan fingerprint density at radius 2 is 1.71 bits per heavy atom. The molecule has 0 bridgehead atoms. The summed E-state index contributed by atoms with van der Waals surface area (Å²) in [4.78, 5) is 11.3. The van der Waals surface area contributed by atoms with Gasteiger partial charge in [0.05, 0.1) is 6.10 Å². The minimum atomic E-state index is -0.519. The van der Waals surface area contributed by atoms with Crippen LogP contribution in [0.15, 0.2) is 66.7 Å². The average molecular weight is 324 g/mol. The molecule has 2 unspecified atom stereocenters. The van der Waals surface area contributed by atoms with Crippen LogP contribution in [0.3, 0.4) is 0 Å². The number of hydrogen-bond acceptors (Lipinski definition) is 3. The first-order chi connectivity index (χ1) is 11.6. The topological polar surface area (TPSA) is 46.5 Å². The second-order valence-corrected chi connectivity index (χ2v) is 5.83. The van der Waals surface area contributed by atoms with E-state index < -0.39 is 12.2 Å². The molecule has 0 aliphatic heterocycles. The maximum Gasteiger partial charge on any atom is 0.303 e. The van der Waals surface area contributed by atoms with Gasteiger partial charge in [0.25, 0.3) is 0 Å². The molecular formula is C21H24O3. The highest BCUT2D eigenvalue weighted by Crippen LogP contribution is 2.13. The van der Waals surface area contributed by atoms with E-state index in [1.165, 1.54) is 12.5 Å². The fraction of sp³-hybridized carbons (Fsp3) is 0.286. The van der Waals surface area contributed by atoms with Crippen LogP contribution < -0.4 is 0 Å². The van der Waals surface area contributed by atoms with Crippen LogP contribution in [0.4, 0.5) is 0 Å². The van der Waals surface area contributed by atoms with E-state index in [9.17, 15) is 9.90 Å². The van der Waals surface area contributed by atoms with Gasteiger partial charge in [-0.15, -0.1) is 0 Å². The molecule has 2 atom stereocenters. The summed E-state index contributed by atoms with van der Waals surface area (Å²) in [6.07, 6.45) is 4.65. The summed E-state index contributed by atoms with van der Waals surface area (Å²) in [6, 6.07) is 19.9. The van der Waals surface area contributed by atoms with Gasteiger partial charge < -0.3 is 9.84 Å². The lowest BCUT2D eigenvalue weighted by Crippen LogP contribution is -2.21. The number of aryl methyl sites for hydroxylation is 1. The van der Waals surface area contributed by atoms with Crippen LogP contribution >= 0.6 is 0 Å². The Balaban J connectivity index is 1.90. The summed E-state index contributed by atoms with van der Waals surface area (Å²) in [7, 11) is 0. The van der Waals surface area contributed by atoms with Gasteiger partial charge in [-0.3, -0.25) is 4.79 Å². The zero-order valence-corrected chi connectivity index (χ0v) is 14.0. The van der Waals surface area contributed by atoms with Crippen LogP contribution in [0.2, 0.25) is 0 Å². The predicted molar refractivity (Wildman–Crippen MR) is 96.4 cm³/mol.